The lowest BCUT2D eigenvalue weighted by Gasteiger charge is -2.52. The SMILES string of the molecule is C=CC(=O)NCCOC(=O)NC1CC(C)(C)C(C)C(C)(CNC(=O)COC(CC)(COC(=O)NCC2(C)CC(NC(=O)OCC)CC(C)(C)C2C)C(=O)O)C1. The average molecular weight is 782 g/mol. The van der Waals surface area contributed by atoms with Gasteiger partial charge in [-0.15, -0.1) is 0 Å². The third-order valence-electron chi connectivity index (χ3n) is 12.3. The Kier molecular flexibility index (Phi) is 16.8. The van der Waals surface area contributed by atoms with Crippen LogP contribution in [0.5, 0.6) is 0 Å². The molecule has 2 rings (SSSR count). The number of alkyl carbamates (subject to hydrolysis) is 3. The fraction of sp³-hybridized carbons (Fsp3) is 0.795. The summed E-state index contributed by atoms with van der Waals surface area (Å²) >= 11 is 0. The monoisotopic (exact) mass is 781 g/mol. The van der Waals surface area contributed by atoms with Crippen LogP contribution in [0.15, 0.2) is 12.7 Å². The zero-order chi connectivity index (χ0) is 41.8. The molecule has 2 aliphatic carbocycles. The topological polar surface area (TPSA) is 220 Å². The van der Waals surface area contributed by atoms with Gasteiger partial charge in [0.05, 0.1) is 13.2 Å². The largest absolute Gasteiger partial charge is 0.479 e. The van der Waals surface area contributed by atoms with Gasteiger partial charge in [-0.05, 0) is 78.6 Å². The summed E-state index contributed by atoms with van der Waals surface area (Å²) in [5.41, 5.74) is -3.24. The molecule has 0 aliphatic heterocycles. The summed E-state index contributed by atoms with van der Waals surface area (Å²) in [6, 6.07) is -0.416. The third kappa shape index (κ3) is 13.3. The maximum atomic E-state index is 13.1. The molecule has 0 heterocycles. The van der Waals surface area contributed by atoms with Crippen molar-refractivity contribution in [2.75, 3.05) is 46.1 Å². The van der Waals surface area contributed by atoms with Gasteiger partial charge in [0.25, 0.3) is 0 Å². The zero-order valence-electron chi connectivity index (χ0n) is 34.6. The van der Waals surface area contributed by atoms with Crippen LogP contribution in [0.3, 0.4) is 0 Å². The molecule has 5 amide bonds. The molecule has 55 heavy (non-hydrogen) atoms. The quantitative estimate of drug-likeness (QED) is 0.0645. The second kappa shape index (κ2) is 19.7. The summed E-state index contributed by atoms with van der Waals surface area (Å²) < 4.78 is 21.4. The van der Waals surface area contributed by atoms with Crippen LogP contribution in [0.2, 0.25) is 0 Å². The lowest BCUT2D eigenvalue weighted by atomic mass is 9.56. The van der Waals surface area contributed by atoms with Crippen LogP contribution in [0, 0.1) is 33.5 Å². The molecule has 2 saturated carbocycles. The number of carbonyl (C=O) groups excluding carboxylic acids is 5. The van der Waals surface area contributed by atoms with Crippen molar-refractivity contribution in [1.82, 2.24) is 26.6 Å². The first-order valence-corrected chi connectivity index (χ1v) is 19.3. The predicted molar refractivity (Wildman–Crippen MR) is 205 cm³/mol. The predicted octanol–water partition coefficient (Wildman–Crippen LogP) is 4.52. The van der Waals surface area contributed by atoms with E-state index in [4.69, 9.17) is 18.9 Å². The average Bonchev–Trinajstić information content (AvgIpc) is 3.09. The molecular formula is C39H67N5O11. The minimum Gasteiger partial charge on any atom is -0.479 e. The summed E-state index contributed by atoms with van der Waals surface area (Å²) in [5, 5.41) is 24.2. The standard InChI is InChI=1S/C39H67N5O11/c1-12-29(45)40-15-16-53-34(51)44-28-18-35(6,7)25(4)37(10,19-28)22-41-30(46)21-55-39(13-2,31(47)48)24-54-32(49)42-23-38(11)20-27(43-33(50)52-14-3)17-36(8,9)26(38)5/h12,25-28H,1,13-24H2,2-11H3,(H,40,45)(H,41,46)(H,42,49)(H,43,50)(H,44,51)(H,47,48). The number of aliphatic carboxylic acids is 1. The van der Waals surface area contributed by atoms with Gasteiger partial charge < -0.3 is 50.6 Å². The van der Waals surface area contributed by atoms with E-state index in [2.05, 4.69) is 74.7 Å². The number of hydrogen-bond acceptors (Lipinski definition) is 10. The van der Waals surface area contributed by atoms with Crippen LogP contribution in [0.4, 0.5) is 14.4 Å². The highest BCUT2D eigenvalue weighted by Gasteiger charge is 2.49. The van der Waals surface area contributed by atoms with Gasteiger partial charge in [-0.25, -0.2) is 19.2 Å². The molecule has 16 heteroatoms. The van der Waals surface area contributed by atoms with Crippen molar-refractivity contribution in [2.45, 2.75) is 119 Å². The van der Waals surface area contributed by atoms with Gasteiger partial charge in [-0.3, -0.25) is 9.59 Å². The smallest absolute Gasteiger partial charge is 0.407 e. The van der Waals surface area contributed by atoms with E-state index in [0.717, 1.165) is 12.5 Å². The van der Waals surface area contributed by atoms with Crippen molar-refractivity contribution in [3.05, 3.63) is 12.7 Å². The fourth-order valence-corrected chi connectivity index (χ4v) is 8.31. The summed E-state index contributed by atoms with van der Waals surface area (Å²) in [4.78, 5) is 74.5. The van der Waals surface area contributed by atoms with Crippen LogP contribution >= 0.6 is 0 Å². The minimum atomic E-state index is -1.97. The van der Waals surface area contributed by atoms with Gasteiger partial charge in [-0.1, -0.05) is 68.9 Å². The molecule has 0 aromatic carbocycles. The molecule has 0 aromatic heterocycles. The van der Waals surface area contributed by atoms with Gasteiger partial charge in [0.2, 0.25) is 11.8 Å². The van der Waals surface area contributed by atoms with Crippen molar-refractivity contribution in [2.24, 2.45) is 33.5 Å². The molecule has 0 spiro atoms. The molecule has 7 atom stereocenters. The zero-order valence-corrected chi connectivity index (χ0v) is 34.6. The number of carboxylic acid groups (broad SMARTS) is 1. The number of hydrogen-bond donors (Lipinski definition) is 6. The molecule has 0 radical (unpaired) electrons. The maximum absolute atomic E-state index is 13.1. The molecule has 0 aromatic rings. The Bertz CT molecular complexity index is 1390. The van der Waals surface area contributed by atoms with Gasteiger partial charge in [0.15, 0.2) is 5.60 Å². The number of carboxylic acids is 1. The van der Waals surface area contributed by atoms with Gasteiger partial charge in [0.1, 0.15) is 19.8 Å². The van der Waals surface area contributed by atoms with E-state index in [1.54, 1.807) is 13.8 Å². The first kappa shape index (κ1) is 47.1. The van der Waals surface area contributed by atoms with Crippen molar-refractivity contribution >= 4 is 36.1 Å². The fourth-order valence-electron chi connectivity index (χ4n) is 8.31. The van der Waals surface area contributed by atoms with E-state index in [9.17, 15) is 33.9 Å². The highest BCUT2D eigenvalue weighted by Crippen LogP contribution is 2.51. The first-order chi connectivity index (χ1) is 25.5. The molecule has 0 saturated heterocycles. The van der Waals surface area contributed by atoms with E-state index < -0.39 is 59.8 Å². The number of nitrogens with one attached hydrogen (secondary N) is 5. The van der Waals surface area contributed by atoms with E-state index in [1.807, 2.05) is 13.8 Å². The Morgan fingerprint density at radius 3 is 1.73 bits per heavy atom. The van der Waals surface area contributed by atoms with Gasteiger partial charge in [-0.2, -0.15) is 0 Å². The summed E-state index contributed by atoms with van der Waals surface area (Å²) in [5.74, 6) is -2.02. The van der Waals surface area contributed by atoms with E-state index >= 15 is 0 Å². The highest BCUT2D eigenvalue weighted by molar-refractivity contribution is 5.86. The summed E-state index contributed by atoms with van der Waals surface area (Å²) in [6.07, 6.45) is 1.66. The minimum absolute atomic E-state index is 0.00806. The van der Waals surface area contributed by atoms with Crippen molar-refractivity contribution < 1.29 is 52.8 Å². The Hall–Kier alpha value is -4.08. The maximum Gasteiger partial charge on any atom is 0.407 e. The Morgan fingerprint density at radius 1 is 0.745 bits per heavy atom. The van der Waals surface area contributed by atoms with Crippen molar-refractivity contribution in [3.8, 4) is 0 Å². The van der Waals surface area contributed by atoms with Gasteiger partial charge >= 0.3 is 24.2 Å². The second-order valence-electron chi connectivity index (χ2n) is 17.2. The van der Waals surface area contributed by atoms with Crippen LogP contribution < -0.4 is 26.6 Å². The molecule has 7 unspecified atom stereocenters. The van der Waals surface area contributed by atoms with E-state index in [0.29, 0.717) is 19.3 Å². The Labute approximate surface area is 326 Å². The molecule has 0 bridgehead atoms. The second-order valence-corrected chi connectivity index (χ2v) is 17.2. The van der Waals surface area contributed by atoms with Crippen LogP contribution in [-0.2, 0) is 33.3 Å². The van der Waals surface area contributed by atoms with Gasteiger partial charge in [0, 0.05) is 25.2 Å². The molecule has 16 nitrogen and oxygen atoms in total. The van der Waals surface area contributed by atoms with Crippen LogP contribution in [-0.4, -0.2) is 105 Å². The molecule has 2 fully saturated rings. The summed E-state index contributed by atoms with van der Waals surface area (Å²) in [6.45, 7) is 23.0. The molecular weight excluding hydrogens is 714 g/mol. The molecule has 314 valence electrons. The van der Waals surface area contributed by atoms with Crippen LogP contribution in [0.25, 0.3) is 0 Å². The lowest BCUT2D eigenvalue weighted by molar-refractivity contribution is -0.174. The van der Waals surface area contributed by atoms with Crippen LogP contribution in [0.1, 0.15) is 101 Å². The number of carbonyl (C=O) groups is 6. The third-order valence-corrected chi connectivity index (χ3v) is 12.3. The normalized spacial score (nSPS) is 27.9. The molecule has 2 aliphatic rings. The van der Waals surface area contributed by atoms with E-state index in [-0.39, 0.29) is 79.9 Å². The Balaban J connectivity index is 1.97. The van der Waals surface area contributed by atoms with E-state index in [1.165, 1.54) is 0 Å². The number of ether oxygens (including phenoxy) is 4. The molecule has 6 N–H and O–H groups in total. The van der Waals surface area contributed by atoms with Crippen molar-refractivity contribution in [3.63, 3.8) is 0 Å². The number of rotatable bonds is 18. The van der Waals surface area contributed by atoms with Crippen molar-refractivity contribution in [1.29, 1.82) is 0 Å². The first-order valence-electron chi connectivity index (χ1n) is 19.3. The lowest BCUT2D eigenvalue weighted by Crippen LogP contribution is -2.55. The summed E-state index contributed by atoms with van der Waals surface area (Å²) in [7, 11) is 0. The highest BCUT2D eigenvalue weighted by atomic mass is 16.6. The Morgan fingerprint density at radius 2 is 1.25 bits per heavy atom. The number of amides is 5.